The minimum Gasteiger partial charge on any atom is -0.353 e. The van der Waals surface area contributed by atoms with Gasteiger partial charge in [0, 0.05) is 31.2 Å². The van der Waals surface area contributed by atoms with Crippen molar-refractivity contribution in [2.24, 2.45) is 5.92 Å². The average Bonchev–Trinajstić information content (AvgIpc) is 3.09. The number of nitrogens with zero attached hydrogens (tertiary/aromatic N) is 4. The molecular formula is C22H35N5O3S2. The second kappa shape index (κ2) is 11.3. The maximum atomic E-state index is 13.0. The Hall–Kier alpha value is -1.91. The van der Waals surface area contributed by atoms with Crippen molar-refractivity contribution in [1.82, 2.24) is 24.4 Å². The van der Waals surface area contributed by atoms with Crippen molar-refractivity contribution >= 4 is 27.7 Å². The van der Waals surface area contributed by atoms with Gasteiger partial charge in [0.15, 0.2) is 11.0 Å². The van der Waals surface area contributed by atoms with E-state index in [0.29, 0.717) is 42.1 Å². The first-order valence-electron chi connectivity index (χ1n) is 11.0. The molecule has 2 aromatic rings. The molecule has 1 amide bonds. The summed E-state index contributed by atoms with van der Waals surface area (Å²) in [6.07, 6.45) is 0. The summed E-state index contributed by atoms with van der Waals surface area (Å²) in [7, 11) is -3.58. The number of carbonyl (C=O) groups is 1. The third-order valence-corrected chi connectivity index (χ3v) is 7.91. The highest BCUT2D eigenvalue weighted by molar-refractivity contribution is 8.00. The van der Waals surface area contributed by atoms with Gasteiger partial charge in [0.05, 0.1) is 10.1 Å². The fourth-order valence-electron chi connectivity index (χ4n) is 3.24. The fourth-order valence-corrected chi connectivity index (χ4v) is 5.61. The van der Waals surface area contributed by atoms with Crippen LogP contribution in [0.3, 0.4) is 0 Å². The summed E-state index contributed by atoms with van der Waals surface area (Å²) in [5.41, 5.74) is 0.678. The lowest BCUT2D eigenvalue weighted by atomic mass is 10.2. The summed E-state index contributed by atoms with van der Waals surface area (Å²) in [6, 6.07) is 6.88. The van der Waals surface area contributed by atoms with Gasteiger partial charge in [0.25, 0.3) is 0 Å². The molecule has 0 aliphatic rings. The van der Waals surface area contributed by atoms with E-state index < -0.39 is 10.0 Å². The Kier molecular flexibility index (Phi) is 9.29. The third-order valence-electron chi connectivity index (χ3n) is 4.78. The summed E-state index contributed by atoms with van der Waals surface area (Å²) in [5.74, 6) is 0.846. The Morgan fingerprint density at radius 3 is 2.34 bits per heavy atom. The van der Waals surface area contributed by atoms with Crippen LogP contribution in [0, 0.1) is 5.92 Å². The summed E-state index contributed by atoms with van der Waals surface area (Å²) < 4.78 is 29.4. The number of hydrogen-bond acceptors (Lipinski definition) is 6. The van der Waals surface area contributed by atoms with Crippen molar-refractivity contribution in [1.29, 1.82) is 0 Å². The van der Waals surface area contributed by atoms with E-state index in [0.717, 1.165) is 0 Å². The number of rotatable bonds is 11. The molecule has 0 saturated carbocycles. The summed E-state index contributed by atoms with van der Waals surface area (Å²) >= 11 is 1.35. The molecule has 1 aromatic heterocycles. The molecule has 8 nitrogen and oxygen atoms in total. The molecule has 0 spiro atoms. The van der Waals surface area contributed by atoms with Gasteiger partial charge in [0.2, 0.25) is 15.9 Å². The predicted molar refractivity (Wildman–Crippen MR) is 129 cm³/mol. The monoisotopic (exact) mass is 481 g/mol. The largest absolute Gasteiger partial charge is 0.353 e. The van der Waals surface area contributed by atoms with E-state index in [9.17, 15) is 13.2 Å². The maximum Gasteiger partial charge on any atom is 0.243 e. The Labute approximate surface area is 196 Å². The molecule has 178 valence electrons. The summed E-state index contributed by atoms with van der Waals surface area (Å²) in [5, 5.41) is 11.9. The van der Waals surface area contributed by atoms with Crippen LogP contribution in [-0.2, 0) is 21.4 Å². The Bertz CT molecular complexity index is 1010. The van der Waals surface area contributed by atoms with Crippen LogP contribution in [0.5, 0.6) is 0 Å². The molecule has 32 heavy (non-hydrogen) atoms. The average molecular weight is 482 g/mol. The van der Waals surface area contributed by atoms with Crippen LogP contribution in [0.4, 0.5) is 0 Å². The van der Waals surface area contributed by atoms with Crippen LogP contribution in [0.25, 0.3) is 11.4 Å². The molecule has 1 N–H and O–H groups in total. The zero-order valence-corrected chi connectivity index (χ0v) is 21.6. The third kappa shape index (κ3) is 6.32. The molecular weight excluding hydrogens is 446 g/mol. The van der Waals surface area contributed by atoms with Crippen LogP contribution in [0.1, 0.15) is 48.5 Å². The van der Waals surface area contributed by atoms with Gasteiger partial charge in [-0.15, -0.1) is 10.2 Å². The van der Waals surface area contributed by atoms with Gasteiger partial charge in [0.1, 0.15) is 0 Å². The van der Waals surface area contributed by atoms with Gasteiger partial charge in [-0.1, -0.05) is 51.6 Å². The minimum atomic E-state index is -3.58. The van der Waals surface area contributed by atoms with Gasteiger partial charge in [-0.3, -0.25) is 4.79 Å². The number of sulfonamides is 1. The number of benzene rings is 1. The molecule has 1 heterocycles. The molecule has 0 fully saturated rings. The summed E-state index contributed by atoms with van der Waals surface area (Å²) in [4.78, 5) is 12.6. The highest BCUT2D eigenvalue weighted by Gasteiger charge is 2.25. The number of carbonyl (C=O) groups excluding carboxylic acids is 1. The molecule has 0 bridgehead atoms. The van der Waals surface area contributed by atoms with Gasteiger partial charge in [-0.2, -0.15) is 4.31 Å². The first-order valence-corrected chi connectivity index (χ1v) is 13.3. The van der Waals surface area contributed by atoms with E-state index >= 15 is 0 Å². The molecule has 0 aliphatic heterocycles. The quantitative estimate of drug-likeness (QED) is 0.492. The SMILES string of the molecule is CCN(CC)S(=O)(=O)c1cccc(-c2nnc(SC(C)C(=O)NC(C)C)n2CC(C)C)c1. The van der Waals surface area contributed by atoms with Crippen LogP contribution < -0.4 is 5.32 Å². The van der Waals surface area contributed by atoms with E-state index in [2.05, 4.69) is 29.4 Å². The van der Waals surface area contributed by atoms with E-state index in [1.165, 1.54) is 16.1 Å². The maximum absolute atomic E-state index is 13.0. The lowest BCUT2D eigenvalue weighted by Gasteiger charge is -2.19. The number of nitrogens with one attached hydrogen (secondary N) is 1. The van der Waals surface area contributed by atoms with Gasteiger partial charge in [-0.05, 0) is 38.8 Å². The first-order chi connectivity index (χ1) is 15.0. The molecule has 0 saturated heterocycles. The molecule has 1 atom stereocenters. The van der Waals surface area contributed by atoms with Crippen molar-refractivity contribution < 1.29 is 13.2 Å². The van der Waals surface area contributed by atoms with Gasteiger partial charge in [-0.25, -0.2) is 8.42 Å². The van der Waals surface area contributed by atoms with Crippen molar-refractivity contribution in [3.63, 3.8) is 0 Å². The lowest BCUT2D eigenvalue weighted by Crippen LogP contribution is -2.36. The van der Waals surface area contributed by atoms with Crippen LogP contribution >= 0.6 is 11.8 Å². The van der Waals surface area contributed by atoms with Crippen LogP contribution in [0.2, 0.25) is 0 Å². The minimum absolute atomic E-state index is 0.0574. The zero-order chi connectivity index (χ0) is 24.1. The fraction of sp³-hybridized carbons (Fsp3) is 0.591. The predicted octanol–water partition coefficient (Wildman–Crippen LogP) is 3.64. The summed E-state index contributed by atoms with van der Waals surface area (Å²) in [6.45, 7) is 15.0. The second-order valence-corrected chi connectivity index (χ2v) is 11.6. The standard InChI is InChI=1S/C22H35N5O3S2/c1-8-26(9-2)32(29,30)19-12-10-11-18(13-19)20-24-25-22(27(20)14-15(3)4)31-17(7)21(28)23-16(5)6/h10-13,15-17H,8-9,14H2,1-7H3,(H,23,28). The van der Waals surface area contributed by atoms with Crippen molar-refractivity contribution in [3.05, 3.63) is 24.3 Å². The van der Waals surface area contributed by atoms with Crippen LogP contribution in [0.15, 0.2) is 34.3 Å². The van der Waals surface area contributed by atoms with E-state index in [-0.39, 0.29) is 22.1 Å². The Morgan fingerprint density at radius 1 is 1.12 bits per heavy atom. The Balaban J connectivity index is 2.45. The first kappa shape index (κ1) is 26.3. The molecule has 0 radical (unpaired) electrons. The van der Waals surface area contributed by atoms with Gasteiger partial charge < -0.3 is 9.88 Å². The van der Waals surface area contributed by atoms with Gasteiger partial charge >= 0.3 is 0 Å². The molecule has 1 unspecified atom stereocenters. The van der Waals surface area contributed by atoms with E-state index in [1.807, 2.05) is 45.3 Å². The van der Waals surface area contributed by atoms with E-state index in [4.69, 9.17) is 0 Å². The molecule has 10 heteroatoms. The molecule has 2 rings (SSSR count). The van der Waals surface area contributed by atoms with Crippen molar-refractivity contribution in [3.8, 4) is 11.4 Å². The van der Waals surface area contributed by atoms with Crippen LogP contribution in [-0.4, -0.2) is 57.8 Å². The number of thioether (sulfide) groups is 1. The Morgan fingerprint density at radius 2 is 1.78 bits per heavy atom. The molecule has 0 aliphatic carbocycles. The van der Waals surface area contributed by atoms with E-state index in [1.54, 1.807) is 18.2 Å². The zero-order valence-electron chi connectivity index (χ0n) is 20.0. The smallest absolute Gasteiger partial charge is 0.243 e. The normalized spacial score (nSPS) is 13.2. The molecule has 1 aromatic carbocycles. The van der Waals surface area contributed by atoms with Crippen molar-refractivity contribution in [2.75, 3.05) is 13.1 Å². The highest BCUT2D eigenvalue weighted by Crippen LogP contribution is 2.29. The lowest BCUT2D eigenvalue weighted by molar-refractivity contribution is -0.120. The van der Waals surface area contributed by atoms with Crippen molar-refractivity contribution in [2.45, 2.75) is 76.4 Å². The number of aromatic nitrogens is 3. The number of hydrogen-bond donors (Lipinski definition) is 1. The second-order valence-electron chi connectivity index (χ2n) is 8.35. The number of amides is 1. The topological polar surface area (TPSA) is 97.2 Å². The highest BCUT2D eigenvalue weighted by atomic mass is 32.2.